The average Bonchev–Trinajstić information content (AvgIpc) is 2.67. The van der Waals surface area contributed by atoms with E-state index in [4.69, 9.17) is 4.74 Å². The summed E-state index contributed by atoms with van der Waals surface area (Å²) in [7, 11) is 0. The molecule has 0 spiro atoms. The molecule has 0 saturated carbocycles. The summed E-state index contributed by atoms with van der Waals surface area (Å²) in [5.41, 5.74) is 1.84. The maximum atomic E-state index is 12.8. The van der Waals surface area contributed by atoms with Crippen LogP contribution in [0.2, 0.25) is 0 Å². The van der Waals surface area contributed by atoms with Gasteiger partial charge >= 0.3 is 0 Å². The van der Waals surface area contributed by atoms with Crippen LogP contribution in [0.15, 0.2) is 61.2 Å². The minimum Gasteiger partial charge on any atom is -0.487 e. The maximum Gasteiger partial charge on any atom is 0.258 e. The van der Waals surface area contributed by atoms with Gasteiger partial charge in [0.2, 0.25) is 0 Å². The number of carbonyl (C=O) groups excluding carboxylic acids is 1. The van der Waals surface area contributed by atoms with Crippen molar-refractivity contribution in [1.29, 1.82) is 0 Å². The fourth-order valence-corrected chi connectivity index (χ4v) is 3.28. The molecule has 0 radical (unpaired) electrons. The molecule has 1 atom stereocenters. The van der Waals surface area contributed by atoms with Crippen LogP contribution in [0.3, 0.4) is 0 Å². The fraction of sp³-hybridized carbons (Fsp3) is 0.211. The quantitative estimate of drug-likeness (QED) is 0.556. The van der Waals surface area contributed by atoms with Gasteiger partial charge < -0.3 is 9.64 Å². The van der Waals surface area contributed by atoms with Crippen molar-refractivity contribution < 1.29 is 9.53 Å². The van der Waals surface area contributed by atoms with Crippen LogP contribution in [0.5, 0.6) is 5.75 Å². The Morgan fingerprint density at radius 1 is 1.26 bits per heavy atom. The van der Waals surface area contributed by atoms with Crippen molar-refractivity contribution in [3.05, 3.63) is 75.9 Å². The Morgan fingerprint density at radius 2 is 2.04 bits per heavy atom. The molecule has 0 fully saturated rings. The zero-order valence-corrected chi connectivity index (χ0v) is 14.9. The van der Waals surface area contributed by atoms with Crippen LogP contribution < -0.4 is 4.74 Å². The van der Waals surface area contributed by atoms with Crippen molar-refractivity contribution in [2.45, 2.75) is 12.5 Å². The predicted octanol–water partition coefficient (Wildman–Crippen LogP) is 3.92. The molecule has 0 bridgehead atoms. The lowest BCUT2D eigenvalue weighted by Gasteiger charge is -2.23. The number of ether oxygens (including phenoxy) is 1. The minimum atomic E-state index is -0.0670. The molecule has 1 heterocycles. The van der Waals surface area contributed by atoms with Crippen molar-refractivity contribution in [2.75, 3.05) is 13.1 Å². The van der Waals surface area contributed by atoms with Crippen molar-refractivity contribution in [2.24, 2.45) is 0 Å². The highest BCUT2D eigenvalue weighted by Crippen LogP contribution is 2.28. The molecule has 2 aromatic carbocycles. The summed E-state index contributed by atoms with van der Waals surface area (Å²) in [5.74, 6) is 0.678. The monoisotopic (exact) mass is 419 g/mol. The zero-order chi connectivity index (χ0) is 16.2. The van der Waals surface area contributed by atoms with Crippen molar-refractivity contribution in [3.8, 4) is 5.75 Å². The summed E-state index contributed by atoms with van der Waals surface area (Å²) in [4.78, 5) is 14.6. The molecule has 1 amide bonds. The molecule has 0 aliphatic carbocycles. The van der Waals surface area contributed by atoms with Gasteiger partial charge in [-0.3, -0.25) is 4.79 Å². The molecular weight excluding hydrogens is 401 g/mol. The van der Waals surface area contributed by atoms with Crippen LogP contribution >= 0.6 is 22.6 Å². The smallest absolute Gasteiger partial charge is 0.258 e. The van der Waals surface area contributed by atoms with Crippen LogP contribution in [0, 0.1) is 3.57 Å². The molecule has 0 N–H and O–H groups in total. The number of rotatable bonds is 4. The molecule has 0 aromatic heterocycles. The second kappa shape index (κ2) is 7.17. The van der Waals surface area contributed by atoms with E-state index in [0.717, 1.165) is 9.99 Å². The van der Waals surface area contributed by atoms with Crippen molar-refractivity contribution >= 4 is 28.5 Å². The molecular formula is C19H18INO2. The molecule has 3 rings (SSSR count). The number of benzene rings is 2. The Labute approximate surface area is 150 Å². The van der Waals surface area contributed by atoms with E-state index in [2.05, 4.69) is 41.3 Å². The molecule has 1 aliphatic heterocycles. The maximum absolute atomic E-state index is 12.8. The van der Waals surface area contributed by atoms with E-state index in [1.54, 1.807) is 6.08 Å². The summed E-state index contributed by atoms with van der Waals surface area (Å²) in [5, 5.41) is 0. The van der Waals surface area contributed by atoms with Crippen LogP contribution in [-0.2, 0) is 6.42 Å². The first kappa shape index (κ1) is 16.1. The second-order valence-corrected chi connectivity index (χ2v) is 6.81. The normalized spacial score (nSPS) is 17.2. The Morgan fingerprint density at radius 3 is 2.78 bits per heavy atom. The summed E-state index contributed by atoms with van der Waals surface area (Å²) >= 11 is 2.21. The number of carbonyl (C=O) groups is 1. The van der Waals surface area contributed by atoms with E-state index in [9.17, 15) is 4.79 Å². The standard InChI is InChI=1S/C19H18INO2/c1-2-10-21-13-16(11-14-6-4-3-5-7-14)23-18-9-8-15(20)12-17(18)19(21)22/h2-9,12,16H,1,10-11,13H2. The van der Waals surface area contributed by atoms with E-state index >= 15 is 0 Å². The molecule has 1 aliphatic rings. The van der Waals surface area contributed by atoms with Crippen LogP contribution in [0.4, 0.5) is 0 Å². The van der Waals surface area contributed by atoms with Crippen molar-refractivity contribution in [3.63, 3.8) is 0 Å². The third-order valence-electron chi connectivity index (χ3n) is 3.83. The first-order valence-electron chi connectivity index (χ1n) is 7.57. The van der Waals surface area contributed by atoms with Gasteiger partial charge in [-0.05, 0) is 46.4 Å². The Bertz CT molecular complexity index is 715. The number of fused-ring (bicyclic) bond motifs is 1. The van der Waals surface area contributed by atoms with E-state index in [-0.39, 0.29) is 12.0 Å². The highest BCUT2D eigenvalue weighted by Gasteiger charge is 2.28. The van der Waals surface area contributed by atoms with Crippen LogP contribution in [-0.4, -0.2) is 30.0 Å². The number of hydrogen-bond donors (Lipinski definition) is 0. The molecule has 23 heavy (non-hydrogen) atoms. The molecule has 4 heteroatoms. The highest BCUT2D eigenvalue weighted by molar-refractivity contribution is 14.1. The first-order chi connectivity index (χ1) is 11.2. The minimum absolute atomic E-state index is 0.00831. The van der Waals surface area contributed by atoms with Gasteiger partial charge in [0.05, 0.1) is 12.1 Å². The molecule has 118 valence electrons. The van der Waals surface area contributed by atoms with Crippen LogP contribution in [0.1, 0.15) is 15.9 Å². The summed E-state index contributed by atoms with van der Waals surface area (Å²) in [6, 6.07) is 16.0. The first-order valence-corrected chi connectivity index (χ1v) is 8.65. The van der Waals surface area contributed by atoms with Crippen LogP contribution in [0.25, 0.3) is 0 Å². The lowest BCUT2D eigenvalue weighted by molar-refractivity contribution is 0.0734. The van der Waals surface area contributed by atoms with Gasteiger partial charge in [-0.1, -0.05) is 36.4 Å². The topological polar surface area (TPSA) is 29.5 Å². The predicted molar refractivity (Wildman–Crippen MR) is 99.8 cm³/mol. The molecule has 0 saturated heterocycles. The Kier molecular flexibility index (Phi) is 5.00. The zero-order valence-electron chi connectivity index (χ0n) is 12.7. The third-order valence-corrected chi connectivity index (χ3v) is 4.50. The average molecular weight is 419 g/mol. The third kappa shape index (κ3) is 3.75. The van der Waals surface area contributed by atoms with E-state index in [0.29, 0.717) is 24.4 Å². The van der Waals surface area contributed by atoms with Gasteiger partial charge in [0.15, 0.2) is 0 Å². The van der Waals surface area contributed by atoms with Gasteiger partial charge in [-0.15, -0.1) is 6.58 Å². The fourth-order valence-electron chi connectivity index (χ4n) is 2.78. The summed E-state index contributed by atoms with van der Waals surface area (Å²) in [6.07, 6.45) is 2.46. The SMILES string of the molecule is C=CCN1CC(Cc2ccccc2)Oc2ccc(I)cc2C1=O. The lowest BCUT2D eigenvalue weighted by atomic mass is 10.1. The van der Waals surface area contributed by atoms with Gasteiger partial charge in [0.25, 0.3) is 5.91 Å². The highest BCUT2D eigenvalue weighted by atomic mass is 127. The largest absolute Gasteiger partial charge is 0.487 e. The van der Waals surface area contributed by atoms with E-state index in [1.165, 1.54) is 5.56 Å². The summed E-state index contributed by atoms with van der Waals surface area (Å²) in [6.45, 7) is 4.85. The van der Waals surface area contributed by atoms with Gasteiger partial charge in [-0.25, -0.2) is 0 Å². The number of nitrogens with zero attached hydrogens (tertiary/aromatic N) is 1. The number of hydrogen-bond acceptors (Lipinski definition) is 2. The Balaban J connectivity index is 1.92. The molecule has 2 aromatic rings. The second-order valence-electron chi connectivity index (χ2n) is 5.57. The lowest BCUT2D eigenvalue weighted by Crippen LogP contribution is -2.38. The van der Waals surface area contributed by atoms with Gasteiger partial charge in [0.1, 0.15) is 11.9 Å². The van der Waals surface area contributed by atoms with E-state index in [1.807, 2.05) is 41.3 Å². The van der Waals surface area contributed by atoms with Crippen molar-refractivity contribution in [1.82, 2.24) is 4.90 Å². The molecule has 3 nitrogen and oxygen atoms in total. The van der Waals surface area contributed by atoms with E-state index < -0.39 is 0 Å². The number of amides is 1. The number of halogens is 1. The summed E-state index contributed by atoms with van der Waals surface area (Å²) < 4.78 is 7.19. The Hall–Kier alpha value is -1.82. The molecule has 1 unspecified atom stereocenters. The van der Waals surface area contributed by atoms with Gasteiger partial charge in [0, 0.05) is 16.5 Å². The van der Waals surface area contributed by atoms with Gasteiger partial charge in [-0.2, -0.15) is 0 Å².